The molecule has 0 saturated heterocycles. The molecule has 0 N–H and O–H groups in total. The maximum absolute atomic E-state index is 12.4. The van der Waals surface area contributed by atoms with Crippen LogP contribution >= 0.6 is 0 Å². The molecular formula is C20H18O4. The second-order valence-corrected chi connectivity index (χ2v) is 5.52. The van der Waals surface area contributed by atoms with Gasteiger partial charge in [0.25, 0.3) is 0 Å². The number of esters is 1. The van der Waals surface area contributed by atoms with E-state index in [1.165, 1.54) is 5.56 Å². The monoisotopic (exact) mass is 322 g/mol. The number of rotatable bonds is 4. The van der Waals surface area contributed by atoms with Gasteiger partial charge in [0.1, 0.15) is 11.5 Å². The number of hydrogen-bond acceptors (Lipinski definition) is 4. The van der Waals surface area contributed by atoms with E-state index in [1.807, 2.05) is 24.3 Å². The van der Waals surface area contributed by atoms with Gasteiger partial charge in [0, 0.05) is 12.5 Å². The Hall–Kier alpha value is -2.88. The van der Waals surface area contributed by atoms with Crippen molar-refractivity contribution in [2.24, 2.45) is 0 Å². The van der Waals surface area contributed by atoms with Gasteiger partial charge in [-0.05, 0) is 35.8 Å². The van der Waals surface area contributed by atoms with Crippen molar-refractivity contribution < 1.29 is 19.1 Å². The lowest BCUT2D eigenvalue weighted by Crippen LogP contribution is -2.05. The van der Waals surface area contributed by atoms with Crippen molar-refractivity contribution in [3.63, 3.8) is 0 Å². The number of benzene rings is 2. The number of ether oxygens (including phenoxy) is 2. The van der Waals surface area contributed by atoms with Gasteiger partial charge in [-0.2, -0.15) is 0 Å². The van der Waals surface area contributed by atoms with E-state index in [1.54, 1.807) is 31.2 Å². The molecule has 2 aromatic carbocycles. The van der Waals surface area contributed by atoms with Crippen molar-refractivity contribution in [3.05, 3.63) is 64.9 Å². The molecule has 0 aliphatic carbocycles. The molecule has 4 heteroatoms. The third-order valence-corrected chi connectivity index (χ3v) is 3.85. The number of aryl methyl sites for hydroxylation is 1. The van der Waals surface area contributed by atoms with Crippen LogP contribution in [0.25, 0.3) is 6.08 Å². The zero-order valence-electron chi connectivity index (χ0n) is 13.7. The standard InChI is InChI=1S/C20H18O4/c1-3-13-5-7-14(8-6-13)11-18-20(22)16-10-9-15(12-17(16)24-18)23-19(21)4-2/h5-12H,3-4H2,1-2H3/b18-11-. The molecule has 1 aliphatic heterocycles. The SMILES string of the molecule is CCC(=O)Oc1ccc2c(c1)O/C(=C\c1ccc(CC)cc1)C2=O. The number of fused-ring (bicyclic) bond motifs is 1. The lowest BCUT2D eigenvalue weighted by atomic mass is 10.1. The van der Waals surface area contributed by atoms with Gasteiger partial charge in [-0.1, -0.05) is 38.1 Å². The fraction of sp³-hybridized carbons (Fsp3) is 0.200. The van der Waals surface area contributed by atoms with E-state index in [2.05, 4.69) is 6.92 Å². The van der Waals surface area contributed by atoms with Gasteiger partial charge in [0.2, 0.25) is 5.78 Å². The lowest BCUT2D eigenvalue weighted by Gasteiger charge is -2.04. The van der Waals surface area contributed by atoms with E-state index >= 15 is 0 Å². The summed E-state index contributed by atoms with van der Waals surface area (Å²) in [5.74, 6) is 0.567. The Morgan fingerprint density at radius 2 is 1.88 bits per heavy atom. The van der Waals surface area contributed by atoms with Crippen molar-refractivity contribution in [2.45, 2.75) is 26.7 Å². The number of ketones is 1. The summed E-state index contributed by atoms with van der Waals surface area (Å²) < 4.78 is 10.8. The molecule has 1 heterocycles. The average molecular weight is 322 g/mol. The first-order chi connectivity index (χ1) is 11.6. The summed E-state index contributed by atoms with van der Waals surface area (Å²) in [6.07, 6.45) is 2.98. The zero-order chi connectivity index (χ0) is 17.1. The second kappa shape index (κ2) is 6.71. The Labute approximate surface area is 140 Å². The Balaban J connectivity index is 1.84. The molecule has 0 spiro atoms. The highest BCUT2D eigenvalue weighted by Crippen LogP contribution is 2.35. The quantitative estimate of drug-likeness (QED) is 0.481. The molecule has 0 aromatic heterocycles. The molecule has 122 valence electrons. The minimum Gasteiger partial charge on any atom is -0.452 e. The van der Waals surface area contributed by atoms with Crippen LogP contribution in [0.5, 0.6) is 11.5 Å². The highest BCUT2D eigenvalue weighted by atomic mass is 16.5. The lowest BCUT2D eigenvalue weighted by molar-refractivity contribution is -0.134. The third-order valence-electron chi connectivity index (χ3n) is 3.85. The van der Waals surface area contributed by atoms with Gasteiger partial charge < -0.3 is 9.47 Å². The smallest absolute Gasteiger partial charge is 0.310 e. The van der Waals surface area contributed by atoms with Gasteiger partial charge in [0.05, 0.1) is 5.56 Å². The minimum atomic E-state index is -0.328. The van der Waals surface area contributed by atoms with Crippen LogP contribution in [0.4, 0.5) is 0 Å². The molecule has 2 aromatic rings. The molecule has 0 saturated carbocycles. The molecule has 0 bridgehead atoms. The number of carbonyl (C=O) groups excluding carboxylic acids is 2. The molecule has 0 amide bonds. The topological polar surface area (TPSA) is 52.6 Å². The second-order valence-electron chi connectivity index (χ2n) is 5.52. The van der Waals surface area contributed by atoms with Crippen molar-refractivity contribution >= 4 is 17.8 Å². The molecule has 24 heavy (non-hydrogen) atoms. The maximum atomic E-state index is 12.4. The van der Waals surface area contributed by atoms with Crippen molar-refractivity contribution in [1.29, 1.82) is 0 Å². The highest BCUT2D eigenvalue weighted by Gasteiger charge is 2.27. The molecule has 3 rings (SSSR count). The number of carbonyl (C=O) groups is 2. The predicted octanol–water partition coefficient (Wildman–Crippen LogP) is 4.18. The van der Waals surface area contributed by atoms with Crippen LogP contribution < -0.4 is 9.47 Å². The van der Waals surface area contributed by atoms with E-state index in [0.717, 1.165) is 12.0 Å². The van der Waals surface area contributed by atoms with E-state index in [0.29, 0.717) is 17.1 Å². The number of hydrogen-bond donors (Lipinski definition) is 0. The fourth-order valence-electron chi connectivity index (χ4n) is 2.44. The first-order valence-electron chi connectivity index (χ1n) is 7.98. The third kappa shape index (κ3) is 3.23. The summed E-state index contributed by atoms with van der Waals surface area (Å²) >= 11 is 0. The van der Waals surface area contributed by atoms with Gasteiger partial charge in [0.15, 0.2) is 5.76 Å². The molecule has 0 atom stereocenters. The van der Waals surface area contributed by atoms with Gasteiger partial charge >= 0.3 is 5.97 Å². The normalized spacial score (nSPS) is 14.4. The molecule has 0 fully saturated rings. The summed E-state index contributed by atoms with van der Waals surface area (Å²) in [6.45, 7) is 3.82. The van der Waals surface area contributed by atoms with Gasteiger partial charge in [-0.25, -0.2) is 0 Å². The predicted molar refractivity (Wildman–Crippen MR) is 91.1 cm³/mol. The highest BCUT2D eigenvalue weighted by molar-refractivity contribution is 6.14. The van der Waals surface area contributed by atoms with Gasteiger partial charge in [-0.15, -0.1) is 0 Å². The molecule has 0 unspecified atom stereocenters. The minimum absolute atomic E-state index is 0.169. The fourth-order valence-corrected chi connectivity index (χ4v) is 2.44. The molecule has 0 radical (unpaired) electrons. The summed E-state index contributed by atoms with van der Waals surface area (Å²) in [5.41, 5.74) is 2.62. The first kappa shape index (κ1) is 16.0. The van der Waals surface area contributed by atoms with E-state index < -0.39 is 0 Å². The van der Waals surface area contributed by atoms with Crippen LogP contribution in [-0.4, -0.2) is 11.8 Å². The first-order valence-corrected chi connectivity index (χ1v) is 7.98. The van der Waals surface area contributed by atoms with Crippen LogP contribution in [0.2, 0.25) is 0 Å². The van der Waals surface area contributed by atoms with Crippen LogP contribution in [-0.2, 0) is 11.2 Å². The largest absolute Gasteiger partial charge is 0.452 e. The summed E-state index contributed by atoms with van der Waals surface area (Å²) in [7, 11) is 0. The maximum Gasteiger partial charge on any atom is 0.310 e. The Bertz CT molecular complexity index is 816. The zero-order valence-corrected chi connectivity index (χ0v) is 13.7. The van der Waals surface area contributed by atoms with Crippen LogP contribution in [0.3, 0.4) is 0 Å². The van der Waals surface area contributed by atoms with Crippen LogP contribution in [0.1, 0.15) is 41.8 Å². The average Bonchev–Trinajstić information content (AvgIpc) is 2.90. The van der Waals surface area contributed by atoms with Crippen LogP contribution in [0, 0.1) is 0 Å². The van der Waals surface area contributed by atoms with Gasteiger partial charge in [-0.3, -0.25) is 9.59 Å². The van der Waals surface area contributed by atoms with E-state index in [9.17, 15) is 9.59 Å². The molecule has 1 aliphatic rings. The van der Waals surface area contributed by atoms with Crippen LogP contribution in [0.15, 0.2) is 48.2 Å². The Morgan fingerprint density at radius 3 is 2.54 bits per heavy atom. The number of Topliss-reactive ketones (excluding diaryl/α,β-unsaturated/α-hetero) is 1. The summed E-state index contributed by atoms with van der Waals surface area (Å²) in [4.78, 5) is 23.8. The van der Waals surface area contributed by atoms with E-state index in [-0.39, 0.29) is 23.9 Å². The summed E-state index contributed by atoms with van der Waals surface area (Å²) in [5, 5.41) is 0. The van der Waals surface area contributed by atoms with Crippen molar-refractivity contribution in [3.8, 4) is 11.5 Å². The molecular weight excluding hydrogens is 304 g/mol. The van der Waals surface area contributed by atoms with E-state index in [4.69, 9.17) is 9.47 Å². The Morgan fingerprint density at radius 1 is 1.12 bits per heavy atom. The van der Waals surface area contributed by atoms with Crippen molar-refractivity contribution in [1.82, 2.24) is 0 Å². The number of allylic oxidation sites excluding steroid dienone is 1. The van der Waals surface area contributed by atoms with Crippen molar-refractivity contribution in [2.75, 3.05) is 0 Å². The Kier molecular flexibility index (Phi) is 4.47. The summed E-state index contributed by atoms with van der Waals surface area (Å²) in [6, 6.07) is 12.8. The molecule has 4 nitrogen and oxygen atoms in total.